The zero-order valence-electron chi connectivity index (χ0n) is 11.2. The van der Waals surface area contributed by atoms with E-state index in [1.807, 2.05) is 18.2 Å². The molecule has 0 saturated heterocycles. The summed E-state index contributed by atoms with van der Waals surface area (Å²) in [6.07, 6.45) is 7.17. The Kier molecular flexibility index (Phi) is 6.02. The summed E-state index contributed by atoms with van der Waals surface area (Å²) in [7, 11) is 0. The fourth-order valence-corrected chi connectivity index (χ4v) is 2.98. The smallest absolute Gasteiger partial charge is 0.230 e. The lowest BCUT2D eigenvalue weighted by Crippen LogP contribution is -2.27. The number of carbonyl (C=O) groups excluding carboxylic acids is 1. The molecule has 0 radical (unpaired) electrons. The Morgan fingerprint density at radius 3 is 2.79 bits per heavy atom. The minimum absolute atomic E-state index is 0.146. The minimum Gasteiger partial charge on any atom is -0.352 e. The van der Waals surface area contributed by atoms with Crippen molar-refractivity contribution in [2.45, 2.75) is 31.4 Å². The predicted molar refractivity (Wildman–Crippen MR) is 82.2 cm³/mol. The third-order valence-electron chi connectivity index (χ3n) is 3.24. The van der Waals surface area contributed by atoms with Crippen molar-refractivity contribution in [2.75, 3.05) is 12.3 Å². The number of carbonyl (C=O) groups is 1. The van der Waals surface area contributed by atoms with E-state index in [1.165, 1.54) is 30.4 Å². The fourth-order valence-electron chi connectivity index (χ4n) is 2.16. The van der Waals surface area contributed by atoms with Crippen molar-refractivity contribution >= 4 is 17.7 Å². The first-order valence-electron chi connectivity index (χ1n) is 6.91. The van der Waals surface area contributed by atoms with Crippen LogP contribution in [0.4, 0.5) is 0 Å². The standard InChI is InChI=1S/C16H21NOS/c18-16(17-11-14-7-3-1-4-8-14)13-19-12-15-9-5-2-6-10-15/h2,5-7,9-10H,1,3-4,8,11-13H2,(H,17,18). The van der Waals surface area contributed by atoms with Gasteiger partial charge in [-0.1, -0.05) is 42.0 Å². The first-order valence-corrected chi connectivity index (χ1v) is 8.06. The summed E-state index contributed by atoms with van der Waals surface area (Å²) >= 11 is 1.67. The monoisotopic (exact) mass is 275 g/mol. The maximum absolute atomic E-state index is 11.7. The van der Waals surface area contributed by atoms with Crippen molar-refractivity contribution < 1.29 is 4.79 Å². The van der Waals surface area contributed by atoms with Gasteiger partial charge in [0, 0.05) is 12.3 Å². The van der Waals surface area contributed by atoms with Crippen LogP contribution in [0, 0.1) is 0 Å². The van der Waals surface area contributed by atoms with Gasteiger partial charge in [0.2, 0.25) is 5.91 Å². The molecule has 1 aliphatic rings. The Balaban J connectivity index is 1.61. The van der Waals surface area contributed by atoms with E-state index in [1.54, 1.807) is 11.8 Å². The second kappa shape index (κ2) is 8.05. The molecule has 19 heavy (non-hydrogen) atoms. The molecule has 0 fully saturated rings. The van der Waals surface area contributed by atoms with Crippen molar-refractivity contribution in [1.29, 1.82) is 0 Å². The van der Waals surface area contributed by atoms with Crippen LogP contribution in [0.3, 0.4) is 0 Å². The quantitative estimate of drug-likeness (QED) is 0.805. The summed E-state index contributed by atoms with van der Waals surface area (Å²) in [5, 5.41) is 3.01. The number of amides is 1. The lowest BCUT2D eigenvalue weighted by Gasteiger charge is -2.13. The van der Waals surface area contributed by atoms with Crippen LogP contribution >= 0.6 is 11.8 Å². The molecule has 0 atom stereocenters. The molecular formula is C16H21NOS. The Bertz CT molecular complexity index is 428. The van der Waals surface area contributed by atoms with Gasteiger partial charge in [0.15, 0.2) is 0 Å². The van der Waals surface area contributed by atoms with Crippen LogP contribution in [0.5, 0.6) is 0 Å². The minimum atomic E-state index is 0.146. The molecule has 0 spiro atoms. The Hall–Kier alpha value is -1.22. The number of benzene rings is 1. The van der Waals surface area contributed by atoms with E-state index in [2.05, 4.69) is 23.5 Å². The van der Waals surface area contributed by atoms with Crippen molar-refractivity contribution in [3.05, 3.63) is 47.5 Å². The van der Waals surface area contributed by atoms with Crippen LogP contribution in [-0.2, 0) is 10.5 Å². The largest absolute Gasteiger partial charge is 0.352 e. The molecule has 0 aromatic heterocycles. The van der Waals surface area contributed by atoms with Gasteiger partial charge in [0.25, 0.3) is 0 Å². The van der Waals surface area contributed by atoms with Gasteiger partial charge >= 0.3 is 0 Å². The Labute approximate surface area is 119 Å². The summed E-state index contributed by atoms with van der Waals surface area (Å²) in [4.78, 5) is 11.7. The van der Waals surface area contributed by atoms with Gasteiger partial charge in [-0.15, -0.1) is 11.8 Å². The highest BCUT2D eigenvalue weighted by Crippen LogP contribution is 2.16. The number of thioether (sulfide) groups is 1. The third-order valence-corrected chi connectivity index (χ3v) is 4.25. The van der Waals surface area contributed by atoms with E-state index in [-0.39, 0.29) is 5.91 Å². The van der Waals surface area contributed by atoms with Crippen molar-refractivity contribution in [3.63, 3.8) is 0 Å². The number of hydrogen-bond acceptors (Lipinski definition) is 2. The van der Waals surface area contributed by atoms with Gasteiger partial charge in [0.1, 0.15) is 0 Å². The highest BCUT2D eigenvalue weighted by atomic mass is 32.2. The molecule has 0 bridgehead atoms. The molecule has 0 unspecified atom stereocenters. The molecule has 2 rings (SSSR count). The molecule has 2 nitrogen and oxygen atoms in total. The van der Waals surface area contributed by atoms with Gasteiger partial charge in [0.05, 0.1) is 5.75 Å². The van der Waals surface area contributed by atoms with E-state index in [9.17, 15) is 4.79 Å². The van der Waals surface area contributed by atoms with Gasteiger partial charge in [-0.2, -0.15) is 0 Å². The Morgan fingerprint density at radius 1 is 1.21 bits per heavy atom. The van der Waals surface area contributed by atoms with Gasteiger partial charge in [-0.25, -0.2) is 0 Å². The molecule has 0 saturated carbocycles. The van der Waals surface area contributed by atoms with Crippen LogP contribution in [-0.4, -0.2) is 18.2 Å². The number of nitrogens with one attached hydrogen (secondary N) is 1. The second-order valence-corrected chi connectivity index (χ2v) is 5.85. The maximum atomic E-state index is 11.7. The normalized spacial score (nSPS) is 14.8. The van der Waals surface area contributed by atoms with Gasteiger partial charge in [-0.05, 0) is 31.2 Å². The third kappa shape index (κ3) is 5.52. The van der Waals surface area contributed by atoms with Gasteiger partial charge in [-0.3, -0.25) is 4.79 Å². The summed E-state index contributed by atoms with van der Waals surface area (Å²) in [5.74, 6) is 1.59. The first-order chi connectivity index (χ1) is 9.34. The average Bonchev–Trinajstić information content (AvgIpc) is 2.47. The first kappa shape index (κ1) is 14.2. The number of rotatable bonds is 6. The van der Waals surface area contributed by atoms with E-state index >= 15 is 0 Å². The summed E-state index contributed by atoms with van der Waals surface area (Å²) in [6, 6.07) is 10.3. The molecule has 1 aliphatic carbocycles. The zero-order chi connectivity index (χ0) is 13.3. The average molecular weight is 275 g/mol. The molecule has 102 valence electrons. The lowest BCUT2D eigenvalue weighted by atomic mass is 10.00. The van der Waals surface area contributed by atoms with Crippen LogP contribution in [0.15, 0.2) is 42.0 Å². The molecule has 1 N–H and O–H groups in total. The molecule has 0 heterocycles. The van der Waals surface area contributed by atoms with E-state index in [4.69, 9.17) is 0 Å². The molecule has 0 aliphatic heterocycles. The topological polar surface area (TPSA) is 29.1 Å². The van der Waals surface area contributed by atoms with Gasteiger partial charge < -0.3 is 5.32 Å². The van der Waals surface area contributed by atoms with E-state index < -0.39 is 0 Å². The van der Waals surface area contributed by atoms with Crippen molar-refractivity contribution in [2.24, 2.45) is 0 Å². The SMILES string of the molecule is O=C(CSCc1ccccc1)NCC1=CCCCC1. The molecule has 1 aromatic rings. The Morgan fingerprint density at radius 2 is 2.05 bits per heavy atom. The maximum Gasteiger partial charge on any atom is 0.230 e. The number of hydrogen-bond donors (Lipinski definition) is 1. The van der Waals surface area contributed by atoms with Crippen LogP contribution < -0.4 is 5.32 Å². The molecular weight excluding hydrogens is 254 g/mol. The van der Waals surface area contributed by atoms with Crippen LogP contribution in [0.25, 0.3) is 0 Å². The highest BCUT2D eigenvalue weighted by molar-refractivity contribution is 7.99. The van der Waals surface area contributed by atoms with Crippen molar-refractivity contribution in [1.82, 2.24) is 5.32 Å². The lowest BCUT2D eigenvalue weighted by molar-refractivity contribution is -0.118. The predicted octanol–water partition coefficient (Wildman–Crippen LogP) is 3.54. The van der Waals surface area contributed by atoms with E-state index in [0.717, 1.165) is 18.7 Å². The van der Waals surface area contributed by atoms with E-state index in [0.29, 0.717) is 5.75 Å². The molecule has 1 aromatic carbocycles. The van der Waals surface area contributed by atoms with Crippen LogP contribution in [0.1, 0.15) is 31.2 Å². The summed E-state index contributed by atoms with van der Waals surface area (Å²) < 4.78 is 0. The van der Waals surface area contributed by atoms with Crippen LogP contribution in [0.2, 0.25) is 0 Å². The summed E-state index contributed by atoms with van der Waals surface area (Å²) in [6.45, 7) is 0.741. The highest BCUT2D eigenvalue weighted by Gasteiger charge is 2.06. The second-order valence-electron chi connectivity index (χ2n) is 4.86. The fraction of sp³-hybridized carbons (Fsp3) is 0.438. The number of allylic oxidation sites excluding steroid dienone is 1. The molecule has 3 heteroatoms. The van der Waals surface area contributed by atoms with Crippen molar-refractivity contribution in [3.8, 4) is 0 Å². The molecule has 1 amide bonds. The zero-order valence-corrected chi connectivity index (χ0v) is 12.0. The summed E-state index contributed by atoms with van der Waals surface area (Å²) in [5.41, 5.74) is 2.67.